The molecule has 0 saturated heterocycles. The van der Waals surface area contributed by atoms with Crippen LogP contribution in [0, 0.1) is 23.7 Å². The molecular formula is C14H23F3O3S. The van der Waals surface area contributed by atoms with Crippen LogP contribution in [-0.4, -0.2) is 24.4 Å². The van der Waals surface area contributed by atoms with Crippen molar-refractivity contribution in [3.05, 3.63) is 0 Å². The molecule has 7 heteroatoms. The second-order valence-electron chi connectivity index (χ2n) is 7.00. The van der Waals surface area contributed by atoms with E-state index in [9.17, 15) is 21.6 Å². The molecule has 2 aliphatic rings. The highest BCUT2D eigenvalue weighted by atomic mass is 32.2. The number of rotatable bonds is 4. The Morgan fingerprint density at radius 2 is 1.62 bits per heavy atom. The summed E-state index contributed by atoms with van der Waals surface area (Å²) in [6.07, 6.45) is 0.0393. The zero-order chi connectivity index (χ0) is 15.8. The molecule has 2 saturated carbocycles. The van der Waals surface area contributed by atoms with E-state index in [1.54, 1.807) is 0 Å². The van der Waals surface area contributed by atoms with Gasteiger partial charge in [0.15, 0.2) is 5.25 Å². The Hall–Kier alpha value is -0.300. The van der Waals surface area contributed by atoms with Crippen molar-refractivity contribution in [1.29, 1.82) is 0 Å². The average molecular weight is 328 g/mol. The molecule has 1 N–H and O–H groups in total. The lowest BCUT2D eigenvalue weighted by molar-refractivity contribution is -0.133. The number of alkyl halides is 3. The van der Waals surface area contributed by atoms with E-state index in [2.05, 4.69) is 6.92 Å². The van der Waals surface area contributed by atoms with Crippen LogP contribution < -0.4 is 0 Å². The van der Waals surface area contributed by atoms with Crippen LogP contribution in [0.5, 0.6) is 0 Å². The fourth-order valence-corrected chi connectivity index (χ4v) is 5.20. The van der Waals surface area contributed by atoms with Crippen molar-refractivity contribution in [2.45, 2.75) is 63.3 Å². The molecule has 124 valence electrons. The minimum atomic E-state index is -5.08. The van der Waals surface area contributed by atoms with Gasteiger partial charge in [0.1, 0.15) is 0 Å². The highest BCUT2D eigenvalue weighted by molar-refractivity contribution is 7.86. The molecule has 0 spiro atoms. The lowest BCUT2D eigenvalue weighted by Gasteiger charge is -2.42. The van der Waals surface area contributed by atoms with Crippen LogP contribution in [0.1, 0.15) is 51.9 Å². The molecule has 0 aromatic rings. The fraction of sp³-hybridized carbons (Fsp3) is 1.00. The predicted molar refractivity (Wildman–Crippen MR) is 73.3 cm³/mol. The Kier molecular flexibility index (Phi) is 4.93. The molecule has 2 fully saturated rings. The van der Waals surface area contributed by atoms with Gasteiger partial charge < -0.3 is 0 Å². The number of hydrogen-bond acceptors (Lipinski definition) is 2. The van der Waals surface area contributed by atoms with Crippen LogP contribution in [0.25, 0.3) is 0 Å². The first kappa shape index (κ1) is 17.1. The van der Waals surface area contributed by atoms with E-state index in [1.807, 2.05) is 0 Å². The van der Waals surface area contributed by atoms with Gasteiger partial charge in [0.25, 0.3) is 10.1 Å². The second kappa shape index (κ2) is 6.07. The maximum absolute atomic E-state index is 12.7. The highest BCUT2D eigenvalue weighted by Gasteiger charge is 2.48. The van der Waals surface area contributed by atoms with Gasteiger partial charge >= 0.3 is 6.18 Å². The SMILES string of the molecule is CC1CC2CC(CCC(C(F)(F)F)S(=O)(=O)O)CC(C1)C2. The maximum Gasteiger partial charge on any atom is 0.407 e. The van der Waals surface area contributed by atoms with Crippen LogP contribution in [0.15, 0.2) is 0 Å². The van der Waals surface area contributed by atoms with Crippen LogP contribution in [0.3, 0.4) is 0 Å². The first-order valence-electron chi connectivity index (χ1n) is 7.58. The topological polar surface area (TPSA) is 54.4 Å². The minimum Gasteiger partial charge on any atom is -0.285 e. The molecule has 0 amide bonds. The number of fused-ring (bicyclic) bond motifs is 2. The Morgan fingerprint density at radius 3 is 2.05 bits per heavy atom. The molecule has 2 rings (SSSR count). The Labute approximate surface area is 124 Å². The van der Waals surface area contributed by atoms with Gasteiger partial charge in [-0.05, 0) is 68.6 Å². The summed E-state index contributed by atoms with van der Waals surface area (Å²) >= 11 is 0. The van der Waals surface area contributed by atoms with Crippen LogP contribution in [-0.2, 0) is 10.1 Å². The third kappa shape index (κ3) is 4.58. The van der Waals surface area contributed by atoms with Crippen molar-refractivity contribution < 1.29 is 26.1 Å². The molecular weight excluding hydrogens is 305 g/mol. The Balaban J connectivity index is 1.93. The lowest BCUT2D eigenvalue weighted by atomic mass is 9.64. The molecule has 3 atom stereocenters. The summed E-state index contributed by atoms with van der Waals surface area (Å²) in [5.41, 5.74) is 0. The van der Waals surface area contributed by atoms with Gasteiger partial charge in [-0.2, -0.15) is 21.6 Å². The van der Waals surface area contributed by atoms with Gasteiger partial charge in [-0.3, -0.25) is 4.55 Å². The lowest BCUT2D eigenvalue weighted by Crippen LogP contribution is -2.37. The maximum atomic E-state index is 12.7. The van der Waals surface area contributed by atoms with E-state index in [1.165, 1.54) is 6.42 Å². The number of halogens is 3. The zero-order valence-corrected chi connectivity index (χ0v) is 13.0. The van der Waals surface area contributed by atoms with Crippen LogP contribution in [0.2, 0.25) is 0 Å². The summed E-state index contributed by atoms with van der Waals surface area (Å²) in [6, 6.07) is 0. The van der Waals surface area contributed by atoms with Crippen LogP contribution in [0.4, 0.5) is 13.2 Å². The summed E-state index contributed by atoms with van der Waals surface area (Å²) in [6.45, 7) is 2.22. The van der Waals surface area contributed by atoms with Gasteiger partial charge in [0.05, 0.1) is 0 Å². The van der Waals surface area contributed by atoms with Gasteiger partial charge in [0, 0.05) is 0 Å². The first-order chi connectivity index (χ1) is 9.55. The summed E-state index contributed by atoms with van der Waals surface area (Å²) < 4.78 is 68.8. The van der Waals surface area contributed by atoms with Gasteiger partial charge in [-0.25, -0.2) is 0 Å². The largest absolute Gasteiger partial charge is 0.407 e. The average Bonchev–Trinajstić information content (AvgIpc) is 2.23. The third-order valence-corrected chi connectivity index (χ3v) is 6.26. The highest BCUT2D eigenvalue weighted by Crippen LogP contribution is 2.46. The Bertz CT molecular complexity index is 443. The van der Waals surface area contributed by atoms with Crippen molar-refractivity contribution in [2.75, 3.05) is 0 Å². The van der Waals surface area contributed by atoms with Gasteiger partial charge in [0.2, 0.25) is 0 Å². The summed E-state index contributed by atoms with van der Waals surface area (Å²) in [7, 11) is -5.08. The zero-order valence-electron chi connectivity index (χ0n) is 12.1. The molecule has 0 aliphatic heterocycles. The van der Waals surface area contributed by atoms with Crippen molar-refractivity contribution in [3.63, 3.8) is 0 Å². The van der Waals surface area contributed by atoms with E-state index in [0.717, 1.165) is 25.7 Å². The molecule has 0 radical (unpaired) electrons. The molecule has 0 aromatic heterocycles. The number of hydrogen-bond donors (Lipinski definition) is 1. The molecule has 0 heterocycles. The van der Waals surface area contributed by atoms with Gasteiger partial charge in [-0.15, -0.1) is 0 Å². The van der Waals surface area contributed by atoms with E-state index in [-0.39, 0.29) is 12.3 Å². The third-order valence-electron chi connectivity index (χ3n) is 5.03. The molecule has 3 unspecified atom stereocenters. The van der Waals surface area contributed by atoms with Crippen molar-refractivity contribution in [2.24, 2.45) is 23.7 Å². The summed E-state index contributed by atoms with van der Waals surface area (Å²) in [5.74, 6) is 2.00. The van der Waals surface area contributed by atoms with Crippen molar-refractivity contribution >= 4 is 10.1 Å². The minimum absolute atomic E-state index is 0.160. The fourth-order valence-electron chi connectivity index (χ4n) is 4.43. The quantitative estimate of drug-likeness (QED) is 0.792. The van der Waals surface area contributed by atoms with E-state index >= 15 is 0 Å². The summed E-state index contributed by atoms with van der Waals surface area (Å²) in [5, 5.41) is -2.63. The first-order valence-corrected chi connectivity index (χ1v) is 9.09. The normalized spacial score (nSPS) is 35.5. The molecule has 21 heavy (non-hydrogen) atoms. The van der Waals surface area contributed by atoms with Crippen molar-refractivity contribution in [3.8, 4) is 0 Å². The second-order valence-corrected chi connectivity index (χ2v) is 8.60. The monoisotopic (exact) mass is 328 g/mol. The predicted octanol–water partition coefficient (Wildman–Crippen LogP) is 4.05. The van der Waals surface area contributed by atoms with Crippen LogP contribution >= 0.6 is 0 Å². The van der Waals surface area contributed by atoms with Crippen molar-refractivity contribution in [1.82, 2.24) is 0 Å². The smallest absolute Gasteiger partial charge is 0.285 e. The Morgan fingerprint density at radius 1 is 1.10 bits per heavy atom. The van der Waals surface area contributed by atoms with Gasteiger partial charge in [-0.1, -0.05) is 6.92 Å². The molecule has 0 aromatic carbocycles. The van der Waals surface area contributed by atoms with E-state index in [0.29, 0.717) is 17.8 Å². The standard InChI is InChI=1S/C14H23F3O3S/c1-9-4-11-6-10(7-12(5-9)8-11)2-3-13(14(15,16)17)21(18,19)20/h9-13H,2-8H2,1H3,(H,18,19,20). The van der Waals surface area contributed by atoms with E-state index < -0.39 is 28.0 Å². The molecule has 3 nitrogen and oxygen atoms in total. The molecule has 2 bridgehead atoms. The summed E-state index contributed by atoms with van der Waals surface area (Å²) in [4.78, 5) is 0. The van der Waals surface area contributed by atoms with E-state index in [4.69, 9.17) is 4.55 Å². The molecule has 2 aliphatic carbocycles.